The van der Waals surface area contributed by atoms with Crippen molar-refractivity contribution < 1.29 is 22.7 Å². The molecule has 0 spiro atoms. The third-order valence-corrected chi connectivity index (χ3v) is 2.38. The van der Waals surface area contributed by atoms with Crippen LogP contribution in [0.5, 0.6) is 0 Å². The summed E-state index contributed by atoms with van der Waals surface area (Å²) in [6, 6.07) is 4.25. The molecule has 0 aliphatic heterocycles. The fourth-order valence-electron chi connectivity index (χ4n) is 1.50. The number of benzene rings is 1. The second-order valence-corrected chi connectivity index (χ2v) is 4.49. The Bertz CT molecular complexity index is 456. The molecule has 0 aliphatic rings. The maximum absolute atomic E-state index is 12.1. The van der Waals surface area contributed by atoms with Gasteiger partial charge < -0.3 is 10.5 Å². The van der Waals surface area contributed by atoms with E-state index in [1.54, 1.807) is 13.8 Å². The number of anilines is 1. The molecule has 1 aromatic rings. The molecule has 0 saturated carbocycles. The number of nitrogen functional groups attached to an aromatic ring is 1. The molecule has 0 amide bonds. The molecule has 106 valence electrons. The molecule has 3 nitrogen and oxygen atoms in total. The van der Waals surface area contributed by atoms with E-state index in [9.17, 15) is 18.0 Å². The second-order valence-electron chi connectivity index (χ2n) is 4.49. The van der Waals surface area contributed by atoms with Gasteiger partial charge in [-0.25, -0.2) is 4.79 Å². The summed E-state index contributed by atoms with van der Waals surface area (Å²) in [7, 11) is 0. The standard InChI is InChI=1S/C13H16F3NO2/c1-8(2)19-12(18)10-7-9(3-4-11(10)17)5-6-13(14,15)16/h3-4,7-8H,5-6,17H2,1-2H3. The van der Waals surface area contributed by atoms with Crippen LogP contribution in [0, 0.1) is 0 Å². The molecule has 0 aromatic heterocycles. The number of hydrogen-bond acceptors (Lipinski definition) is 3. The molecule has 0 aliphatic carbocycles. The zero-order chi connectivity index (χ0) is 14.6. The summed E-state index contributed by atoms with van der Waals surface area (Å²) < 4.78 is 41.4. The van der Waals surface area contributed by atoms with Crippen molar-refractivity contribution in [2.45, 2.75) is 39.0 Å². The molecule has 0 saturated heterocycles. The maximum Gasteiger partial charge on any atom is 0.389 e. The molecule has 6 heteroatoms. The monoisotopic (exact) mass is 275 g/mol. The smallest absolute Gasteiger partial charge is 0.389 e. The minimum Gasteiger partial charge on any atom is -0.459 e. The quantitative estimate of drug-likeness (QED) is 0.677. The number of carbonyl (C=O) groups excluding carboxylic acids is 1. The maximum atomic E-state index is 12.1. The molecular weight excluding hydrogens is 259 g/mol. The van der Waals surface area contributed by atoms with Crippen molar-refractivity contribution in [3.8, 4) is 0 Å². The van der Waals surface area contributed by atoms with Gasteiger partial charge in [0.2, 0.25) is 0 Å². The van der Waals surface area contributed by atoms with Crippen LogP contribution >= 0.6 is 0 Å². The molecule has 1 rings (SSSR count). The van der Waals surface area contributed by atoms with Crippen molar-refractivity contribution in [1.29, 1.82) is 0 Å². The van der Waals surface area contributed by atoms with Crippen LogP contribution in [0.3, 0.4) is 0 Å². The minimum absolute atomic E-state index is 0.105. The van der Waals surface area contributed by atoms with E-state index in [0.717, 1.165) is 0 Å². The highest BCUT2D eigenvalue weighted by Gasteiger charge is 2.26. The Morgan fingerprint density at radius 1 is 1.37 bits per heavy atom. The summed E-state index contributed by atoms with van der Waals surface area (Å²) >= 11 is 0. The first-order chi connectivity index (χ1) is 8.69. The van der Waals surface area contributed by atoms with E-state index in [0.29, 0.717) is 5.56 Å². The normalized spacial score (nSPS) is 11.7. The van der Waals surface area contributed by atoms with Gasteiger partial charge in [0.15, 0.2) is 0 Å². The Kier molecular flexibility index (Phi) is 4.80. The first-order valence-corrected chi connectivity index (χ1v) is 5.85. The molecule has 0 atom stereocenters. The summed E-state index contributed by atoms with van der Waals surface area (Å²) in [5.41, 5.74) is 6.33. The number of aryl methyl sites for hydroxylation is 1. The summed E-state index contributed by atoms with van der Waals surface area (Å²) in [5.74, 6) is -0.624. The topological polar surface area (TPSA) is 52.3 Å². The molecule has 1 aromatic carbocycles. The van der Waals surface area contributed by atoms with E-state index in [2.05, 4.69) is 0 Å². The summed E-state index contributed by atoms with van der Waals surface area (Å²) in [4.78, 5) is 11.7. The van der Waals surface area contributed by atoms with E-state index in [1.165, 1.54) is 18.2 Å². The Labute approximate surface area is 109 Å². The number of rotatable bonds is 4. The Hall–Kier alpha value is -1.72. The summed E-state index contributed by atoms with van der Waals surface area (Å²) in [6.07, 6.45) is -5.66. The molecular formula is C13H16F3NO2. The number of alkyl halides is 3. The minimum atomic E-state index is -4.22. The molecule has 0 unspecified atom stereocenters. The highest BCUT2D eigenvalue weighted by Crippen LogP contribution is 2.24. The van der Waals surface area contributed by atoms with Gasteiger partial charge in [0.05, 0.1) is 11.7 Å². The molecule has 0 bridgehead atoms. The van der Waals surface area contributed by atoms with Gasteiger partial charge in [0.25, 0.3) is 0 Å². The van der Waals surface area contributed by atoms with E-state index in [-0.39, 0.29) is 23.8 Å². The lowest BCUT2D eigenvalue weighted by atomic mass is 10.0. The van der Waals surface area contributed by atoms with Crippen LogP contribution in [0.25, 0.3) is 0 Å². The average molecular weight is 275 g/mol. The molecule has 0 fully saturated rings. The fourth-order valence-corrected chi connectivity index (χ4v) is 1.50. The lowest BCUT2D eigenvalue weighted by Crippen LogP contribution is -2.14. The number of halogens is 3. The van der Waals surface area contributed by atoms with Gasteiger partial charge in [-0.1, -0.05) is 6.07 Å². The molecule has 2 N–H and O–H groups in total. The van der Waals surface area contributed by atoms with Crippen LogP contribution in [0.1, 0.15) is 36.2 Å². The Morgan fingerprint density at radius 3 is 2.53 bits per heavy atom. The average Bonchev–Trinajstić information content (AvgIpc) is 2.25. The SMILES string of the molecule is CC(C)OC(=O)c1cc(CCC(F)(F)F)ccc1N. The fraction of sp³-hybridized carbons (Fsp3) is 0.462. The number of esters is 1. The first kappa shape index (κ1) is 15.3. The molecule has 19 heavy (non-hydrogen) atoms. The van der Waals surface area contributed by atoms with Crippen LogP contribution in [0.2, 0.25) is 0 Å². The summed E-state index contributed by atoms with van der Waals surface area (Å²) in [5, 5.41) is 0. The predicted molar refractivity (Wildman–Crippen MR) is 65.8 cm³/mol. The largest absolute Gasteiger partial charge is 0.459 e. The Morgan fingerprint density at radius 2 is 2.00 bits per heavy atom. The lowest BCUT2D eigenvalue weighted by Gasteiger charge is -2.11. The number of ether oxygens (including phenoxy) is 1. The van der Waals surface area contributed by atoms with Gasteiger partial charge in [-0.15, -0.1) is 0 Å². The zero-order valence-corrected chi connectivity index (χ0v) is 10.8. The molecule has 0 heterocycles. The highest BCUT2D eigenvalue weighted by atomic mass is 19.4. The lowest BCUT2D eigenvalue weighted by molar-refractivity contribution is -0.133. The van der Waals surface area contributed by atoms with Crippen LogP contribution in [0.15, 0.2) is 18.2 Å². The van der Waals surface area contributed by atoms with Crippen molar-refractivity contribution in [3.63, 3.8) is 0 Å². The van der Waals surface area contributed by atoms with Gasteiger partial charge in [-0.2, -0.15) is 13.2 Å². The second kappa shape index (κ2) is 5.95. The van der Waals surface area contributed by atoms with Gasteiger partial charge in [-0.3, -0.25) is 0 Å². The van der Waals surface area contributed by atoms with E-state index < -0.39 is 18.6 Å². The molecule has 0 radical (unpaired) electrons. The van der Waals surface area contributed by atoms with Gasteiger partial charge >= 0.3 is 12.1 Å². The van der Waals surface area contributed by atoms with Crippen molar-refractivity contribution in [2.24, 2.45) is 0 Å². The van der Waals surface area contributed by atoms with Crippen molar-refractivity contribution in [3.05, 3.63) is 29.3 Å². The number of nitrogens with two attached hydrogens (primary N) is 1. The van der Waals surface area contributed by atoms with Gasteiger partial charge in [-0.05, 0) is 38.0 Å². The van der Waals surface area contributed by atoms with Crippen molar-refractivity contribution >= 4 is 11.7 Å². The van der Waals surface area contributed by atoms with E-state index >= 15 is 0 Å². The van der Waals surface area contributed by atoms with Crippen LogP contribution in [-0.4, -0.2) is 18.2 Å². The number of hydrogen-bond donors (Lipinski definition) is 1. The van der Waals surface area contributed by atoms with Crippen LogP contribution in [-0.2, 0) is 11.2 Å². The predicted octanol–water partition coefficient (Wildman–Crippen LogP) is 3.33. The summed E-state index contributed by atoms with van der Waals surface area (Å²) in [6.45, 7) is 3.36. The van der Waals surface area contributed by atoms with E-state index in [1.807, 2.05) is 0 Å². The third kappa shape index (κ3) is 5.19. The van der Waals surface area contributed by atoms with Gasteiger partial charge in [0, 0.05) is 12.1 Å². The van der Waals surface area contributed by atoms with Crippen molar-refractivity contribution in [1.82, 2.24) is 0 Å². The van der Waals surface area contributed by atoms with E-state index in [4.69, 9.17) is 10.5 Å². The zero-order valence-electron chi connectivity index (χ0n) is 10.8. The van der Waals surface area contributed by atoms with Crippen LogP contribution in [0.4, 0.5) is 18.9 Å². The number of carbonyl (C=O) groups is 1. The Balaban J connectivity index is 2.85. The van der Waals surface area contributed by atoms with Gasteiger partial charge in [0.1, 0.15) is 0 Å². The third-order valence-electron chi connectivity index (χ3n) is 2.38. The first-order valence-electron chi connectivity index (χ1n) is 5.85. The highest BCUT2D eigenvalue weighted by molar-refractivity contribution is 5.95. The van der Waals surface area contributed by atoms with Crippen molar-refractivity contribution in [2.75, 3.05) is 5.73 Å². The van der Waals surface area contributed by atoms with Crippen LogP contribution < -0.4 is 5.73 Å².